The second kappa shape index (κ2) is 5.88. The number of halogens is 2. The van der Waals surface area contributed by atoms with Crippen molar-refractivity contribution < 1.29 is 0 Å². The van der Waals surface area contributed by atoms with E-state index in [4.69, 9.17) is 16.6 Å². The summed E-state index contributed by atoms with van der Waals surface area (Å²) in [6.45, 7) is 2.95. The molecule has 2 heterocycles. The summed E-state index contributed by atoms with van der Waals surface area (Å²) in [6.07, 6.45) is 0.794. The number of aryl methyl sites for hydroxylation is 2. The maximum absolute atomic E-state index is 5.92. The number of alkyl halides is 1. The van der Waals surface area contributed by atoms with Crippen molar-refractivity contribution in [2.45, 2.75) is 19.9 Å². The Morgan fingerprint density at radius 1 is 1.40 bits per heavy atom. The molecule has 0 N–H and O–H groups in total. The van der Waals surface area contributed by atoms with Gasteiger partial charge in [-0.05, 0) is 40.5 Å². The molecule has 0 bridgehead atoms. The van der Waals surface area contributed by atoms with Crippen molar-refractivity contribution in [2.24, 2.45) is 0 Å². The van der Waals surface area contributed by atoms with Gasteiger partial charge in [0.05, 0.1) is 17.6 Å². The van der Waals surface area contributed by atoms with Crippen LogP contribution in [0.4, 0.5) is 0 Å². The van der Waals surface area contributed by atoms with Crippen molar-refractivity contribution in [2.75, 3.05) is 5.88 Å². The van der Waals surface area contributed by atoms with Crippen molar-refractivity contribution >= 4 is 49.9 Å². The normalized spacial score (nSPS) is 11.3. The molecule has 2 aromatic heterocycles. The summed E-state index contributed by atoms with van der Waals surface area (Å²) in [7, 11) is 0. The third-order valence-electron chi connectivity index (χ3n) is 3.31. The van der Waals surface area contributed by atoms with E-state index in [1.807, 2.05) is 0 Å². The van der Waals surface area contributed by atoms with Crippen molar-refractivity contribution in [3.05, 3.63) is 50.4 Å². The van der Waals surface area contributed by atoms with E-state index in [0.717, 1.165) is 28.8 Å². The van der Waals surface area contributed by atoms with Gasteiger partial charge in [-0.25, -0.2) is 4.98 Å². The molecule has 0 aliphatic rings. The van der Waals surface area contributed by atoms with Crippen LogP contribution in [-0.2, 0) is 13.0 Å². The monoisotopic (exact) mass is 368 g/mol. The maximum atomic E-state index is 5.92. The average molecular weight is 370 g/mol. The van der Waals surface area contributed by atoms with Gasteiger partial charge in [-0.1, -0.05) is 12.1 Å². The van der Waals surface area contributed by atoms with E-state index in [2.05, 4.69) is 57.1 Å². The van der Waals surface area contributed by atoms with E-state index >= 15 is 0 Å². The highest BCUT2D eigenvalue weighted by Gasteiger charge is 2.12. The van der Waals surface area contributed by atoms with Crippen LogP contribution in [0.5, 0.6) is 0 Å². The molecule has 0 saturated heterocycles. The van der Waals surface area contributed by atoms with Gasteiger partial charge in [0.25, 0.3) is 0 Å². The van der Waals surface area contributed by atoms with Crippen LogP contribution in [-0.4, -0.2) is 15.4 Å². The molecule has 3 rings (SSSR count). The quantitative estimate of drug-likeness (QED) is 0.592. The third kappa shape index (κ3) is 2.65. The minimum atomic E-state index is 0.594. The Morgan fingerprint density at radius 2 is 2.25 bits per heavy atom. The summed E-state index contributed by atoms with van der Waals surface area (Å²) in [5.41, 5.74) is 3.49. The van der Waals surface area contributed by atoms with Crippen LogP contribution in [0, 0.1) is 6.92 Å². The fraction of sp³-hybridized carbons (Fsp3) is 0.267. The zero-order valence-electron chi connectivity index (χ0n) is 11.1. The lowest BCUT2D eigenvalue weighted by molar-refractivity contribution is 0.763. The second-order valence-corrected chi connectivity index (χ2v) is 7.02. The zero-order valence-corrected chi connectivity index (χ0v) is 14.2. The largest absolute Gasteiger partial charge is 0.323 e. The van der Waals surface area contributed by atoms with Crippen molar-refractivity contribution in [1.82, 2.24) is 9.55 Å². The molecule has 20 heavy (non-hydrogen) atoms. The van der Waals surface area contributed by atoms with Gasteiger partial charge in [0.15, 0.2) is 0 Å². The Bertz CT molecular complexity index is 747. The van der Waals surface area contributed by atoms with E-state index in [9.17, 15) is 0 Å². The predicted molar refractivity (Wildman–Crippen MR) is 90.0 cm³/mol. The highest BCUT2D eigenvalue weighted by molar-refractivity contribution is 9.10. The highest BCUT2D eigenvalue weighted by atomic mass is 79.9. The van der Waals surface area contributed by atoms with Crippen molar-refractivity contribution in [3.8, 4) is 0 Å². The van der Waals surface area contributed by atoms with E-state index in [1.54, 1.807) is 11.3 Å². The van der Waals surface area contributed by atoms with Gasteiger partial charge < -0.3 is 4.57 Å². The average Bonchev–Trinajstić information content (AvgIpc) is 2.97. The Kier molecular flexibility index (Phi) is 4.15. The fourth-order valence-corrected chi connectivity index (χ4v) is 3.99. The van der Waals surface area contributed by atoms with Crippen LogP contribution < -0.4 is 0 Å². The smallest absolute Gasteiger partial charge is 0.111 e. The summed E-state index contributed by atoms with van der Waals surface area (Å²) in [5.74, 6) is 1.66. The van der Waals surface area contributed by atoms with Gasteiger partial charge in [0.1, 0.15) is 5.82 Å². The number of hydrogen-bond acceptors (Lipinski definition) is 2. The number of hydrogen-bond donors (Lipinski definition) is 0. The van der Waals surface area contributed by atoms with E-state index < -0.39 is 0 Å². The molecule has 2 nitrogen and oxygen atoms in total. The lowest BCUT2D eigenvalue weighted by atomic mass is 10.2. The van der Waals surface area contributed by atoms with Crippen LogP contribution >= 0.6 is 38.9 Å². The molecule has 0 spiro atoms. The molecule has 1 aromatic carbocycles. The number of fused-ring (bicyclic) bond motifs is 1. The molecule has 0 unspecified atom stereocenters. The van der Waals surface area contributed by atoms with Gasteiger partial charge in [-0.3, -0.25) is 0 Å². The molecule has 0 amide bonds. The molecule has 104 valence electrons. The Hall–Kier alpha value is -0.840. The van der Waals surface area contributed by atoms with Crippen LogP contribution in [0.3, 0.4) is 0 Å². The molecule has 0 saturated carbocycles. The molecular formula is C15H14BrClN2S. The molecule has 3 aromatic rings. The number of benzene rings is 1. The molecule has 0 radical (unpaired) electrons. The van der Waals surface area contributed by atoms with E-state index in [1.165, 1.54) is 16.0 Å². The molecule has 5 heteroatoms. The molecule has 0 atom stereocenters. The minimum absolute atomic E-state index is 0.594. The lowest BCUT2D eigenvalue weighted by Gasteiger charge is -2.07. The Labute approximate surface area is 135 Å². The summed E-state index contributed by atoms with van der Waals surface area (Å²) < 4.78 is 3.42. The number of aromatic nitrogens is 2. The van der Waals surface area contributed by atoms with Gasteiger partial charge in [-0.2, -0.15) is 0 Å². The molecule has 0 aliphatic carbocycles. The molecule has 0 aliphatic heterocycles. The number of nitrogens with zero attached hydrogens (tertiary/aromatic N) is 2. The topological polar surface area (TPSA) is 17.8 Å². The fourth-order valence-electron chi connectivity index (χ4n) is 2.38. The van der Waals surface area contributed by atoms with E-state index in [0.29, 0.717) is 5.88 Å². The predicted octanol–water partition coefficient (Wildman–Crippen LogP) is 5.00. The van der Waals surface area contributed by atoms with Crippen LogP contribution in [0.2, 0.25) is 0 Å². The maximum Gasteiger partial charge on any atom is 0.111 e. The number of imidazole rings is 1. The van der Waals surface area contributed by atoms with Crippen molar-refractivity contribution in [3.63, 3.8) is 0 Å². The zero-order chi connectivity index (χ0) is 14.1. The van der Waals surface area contributed by atoms with Gasteiger partial charge in [0, 0.05) is 27.0 Å². The first-order valence-corrected chi connectivity index (χ1v) is 8.63. The summed E-state index contributed by atoms with van der Waals surface area (Å²) in [6, 6.07) is 8.49. The standard InChI is InChI=1S/C15H14BrClN2S/c1-10-3-2-4-13-15(10)18-14(5-6-17)19(13)8-12-7-11(16)9-20-12/h2-4,7,9H,5-6,8H2,1H3. The summed E-state index contributed by atoms with van der Waals surface area (Å²) >= 11 is 11.2. The molecular weight excluding hydrogens is 356 g/mol. The number of thiophene rings is 1. The summed E-state index contributed by atoms with van der Waals surface area (Å²) in [4.78, 5) is 6.09. The van der Waals surface area contributed by atoms with Crippen LogP contribution in [0.1, 0.15) is 16.3 Å². The third-order valence-corrected chi connectivity index (χ3v) is 5.18. The lowest BCUT2D eigenvalue weighted by Crippen LogP contribution is -2.04. The second-order valence-electron chi connectivity index (χ2n) is 4.73. The summed E-state index contributed by atoms with van der Waals surface area (Å²) in [5, 5.41) is 2.11. The first kappa shape index (κ1) is 14.1. The van der Waals surface area contributed by atoms with Crippen molar-refractivity contribution in [1.29, 1.82) is 0 Å². The van der Waals surface area contributed by atoms with Gasteiger partial charge >= 0.3 is 0 Å². The van der Waals surface area contributed by atoms with Gasteiger partial charge in [0.2, 0.25) is 0 Å². The number of para-hydroxylation sites is 1. The number of rotatable bonds is 4. The van der Waals surface area contributed by atoms with Gasteiger partial charge in [-0.15, -0.1) is 22.9 Å². The van der Waals surface area contributed by atoms with Crippen LogP contribution in [0.25, 0.3) is 11.0 Å². The Balaban J connectivity index is 2.11. The minimum Gasteiger partial charge on any atom is -0.323 e. The SMILES string of the molecule is Cc1cccc2c1nc(CCCl)n2Cc1cc(Br)cs1. The molecule has 0 fully saturated rings. The van der Waals surface area contributed by atoms with Crippen LogP contribution in [0.15, 0.2) is 34.1 Å². The first-order valence-electron chi connectivity index (χ1n) is 6.42. The highest BCUT2D eigenvalue weighted by Crippen LogP contribution is 2.25. The Morgan fingerprint density at radius 3 is 2.95 bits per heavy atom. The first-order chi connectivity index (χ1) is 9.69. The van der Waals surface area contributed by atoms with E-state index in [-0.39, 0.29) is 0 Å².